The quantitative estimate of drug-likeness (QED) is 0.0430. The number of carbonyl (C=O) groups is 7. The number of hydrogen-bond donors (Lipinski definition) is 1. The van der Waals surface area contributed by atoms with Crippen LogP contribution in [0, 0.1) is 0 Å². The summed E-state index contributed by atoms with van der Waals surface area (Å²) in [7, 11) is 0. The van der Waals surface area contributed by atoms with Gasteiger partial charge in [-0.1, -0.05) is 91.0 Å². The highest BCUT2D eigenvalue weighted by molar-refractivity contribution is 5.98. The number of primary amides is 1. The summed E-state index contributed by atoms with van der Waals surface area (Å²) in [6.45, 7) is 24.2. The van der Waals surface area contributed by atoms with Gasteiger partial charge in [-0.15, -0.1) is 0 Å². The molecule has 2 N–H and O–H groups in total. The number of morpholine rings is 6. The summed E-state index contributed by atoms with van der Waals surface area (Å²) in [5, 5.41) is 0. The minimum absolute atomic E-state index is 0.0763. The SMILES string of the molecule is NC(=O)c1cccc(CN(CCN2CCOCC2)C(=O)c2cccc(CN(CCN3CCOCC3)C(=O)c3cccc(CN(CCN4CCOCC4)C(=O)c4cccc(CN(CCN5CCOCC5)C(=O)c5cccc(CN(CCN6CCOCC6)C(=O)c6cccc(CN(CCN7CCOCC7)C(=O)c7ccccc7)c6)c5)c4)c3)c2)c1. The number of ether oxygens (including phenoxy) is 6. The van der Waals surface area contributed by atoms with Gasteiger partial charge in [0.25, 0.3) is 35.4 Å². The van der Waals surface area contributed by atoms with Gasteiger partial charge in [0.15, 0.2) is 0 Å². The second-order valence-corrected chi connectivity index (χ2v) is 31.0. The van der Waals surface area contributed by atoms with Crippen LogP contribution in [0.4, 0.5) is 0 Å². The van der Waals surface area contributed by atoms with E-state index in [4.69, 9.17) is 34.2 Å². The highest BCUT2D eigenvalue weighted by Gasteiger charge is 2.29. The second-order valence-electron chi connectivity index (χ2n) is 31.0. The zero-order chi connectivity index (χ0) is 80.9. The number of rotatable bonds is 37. The van der Waals surface area contributed by atoms with E-state index in [1.165, 1.54) is 0 Å². The first-order chi connectivity index (χ1) is 57.3. The number of hydrogen-bond acceptors (Lipinski definition) is 19. The first kappa shape index (κ1) is 85.2. The lowest BCUT2D eigenvalue weighted by molar-refractivity contribution is 0.0316. The average Bonchev–Trinajstić information content (AvgIpc) is 0.831. The molecule has 26 nitrogen and oxygen atoms in total. The van der Waals surface area contributed by atoms with Crippen molar-refractivity contribution in [1.82, 2.24) is 58.8 Å². The lowest BCUT2D eigenvalue weighted by Gasteiger charge is -2.31. The normalized spacial score (nSPS) is 16.9. The van der Waals surface area contributed by atoms with Crippen molar-refractivity contribution < 1.29 is 62.0 Å². The standard InChI is InChI=1S/C91H115N13O13/c92-85(105)79-18-4-10-72(60-79)66-100(31-25-94-38-50-113-51-39-94)87(107)81-20-6-12-74(62-81)68-102(33-27-96-42-54-115-55-43-96)89(109)83-22-8-14-76(64-83)70-104(35-29-98-46-58-117-59-47-98)91(111)84-23-9-15-77(65-84)71-103(34-28-97-44-56-116-57-45-97)90(110)82-21-7-13-75(63-82)69-101(32-26-95-40-52-114-53-41-95)88(108)80-19-5-11-73(61-80)67-99(30-24-93-36-48-112-49-37-93)86(106)78-16-2-1-3-17-78/h1-23,60-65H,24-59,66-71H2,(H2,92,105). The van der Waals surface area contributed by atoms with Gasteiger partial charge in [-0.05, 0) is 118 Å². The maximum Gasteiger partial charge on any atom is 0.254 e. The van der Waals surface area contributed by atoms with Crippen LogP contribution in [-0.4, -0.2) is 337 Å². The van der Waals surface area contributed by atoms with E-state index in [1.54, 1.807) is 23.1 Å². The van der Waals surface area contributed by atoms with Gasteiger partial charge in [-0.2, -0.15) is 0 Å². The maximum atomic E-state index is 15.5. The predicted octanol–water partition coefficient (Wildman–Crippen LogP) is 6.63. The summed E-state index contributed by atoms with van der Waals surface area (Å²) in [6.07, 6.45) is 0. The van der Waals surface area contributed by atoms with E-state index >= 15 is 19.2 Å². The Bertz CT molecular complexity index is 4390. The van der Waals surface area contributed by atoms with Crippen LogP contribution in [0.25, 0.3) is 0 Å². The molecule has 7 aromatic carbocycles. The Labute approximate surface area is 688 Å². The monoisotopic (exact) mass is 1600 g/mol. The summed E-state index contributed by atoms with van der Waals surface area (Å²) in [5.74, 6) is -1.53. The van der Waals surface area contributed by atoms with Crippen molar-refractivity contribution >= 4 is 41.4 Å². The maximum absolute atomic E-state index is 15.5. The number of carbonyl (C=O) groups excluding carboxylic acids is 7. The predicted molar refractivity (Wildman–Crippen MR) is 446 cm³/mol. The Morgan fingerprint density at radius 2 is 0.402 bits per heavy atom. The number of benzene rings is 7. The summed E-state index contributed by atoms with van der Waals surface area (Å²) in [4.78, 5) is 128. The molecule has 6 aliphatic rings. The van der Waals surface area contributed by atoms with Crippen molar-refractivity contribution in [2.24, 2.45) is 5.73 Å². The Balaban J connectivity index is 0.723. The Morgan fingerprint density at radius 3 is 0.598 bits per heavy atom. The third-order valence-electron chi connectivity index (χ3n) is 22.8. The Kier molecular flexibility index (Phi) is 32.2. The molecule has 622 valence electrons. The van der Waals surface area contributed by atoms with Gasteiger partial charge in [0, 0.05) is 235 Å². The summed E-state index contributed by atoms with van der Waals surface area (Å²) >= 11 is 0. The molecule has 6 aliphatic heterocycles. The summed E-state index contributed by atoms with van der Waals surface area (Å²) < 4.78 is 34.1. The van der Waals surface area contributed by atoms with Crippen LogP contribution in [0.5, 0.6) is 0 Å². The minimum Gasteiger partial charge on any atom is -0.379 e. The molecule has 0 spiro atoms. The molecule has 7 amide bonds. The van der Waals surface area contributed by atoms with Crippen LogP contribution in [0.15, 0.2) is 176 Å². The molecule has 7 aromatic rings. The molecule has 0 aromatic heterocycles. The van der Waals surface area contributed by atoms with Gasteiger partial charge in [-0.25, -0.2) is 0 Å². The highest BCUT2D eigenvalue weighted by atomic mass is 16.5. The van der Waals surface area contributed by atoms with Crippen LogP contribution < -0.4 is 5.73 Å². The van der Waals surface area contributed by atoms with E-state index in [2.05, 4.69) is 29.4 Å². The molecule has 0 unspecified atom stereocenters. The molecule has 6 fully saturated rings. The number of nitrogens with two attached hydrogens (primary N) is 1. The van der Waals surface area contributed by atoms with Gasteiger partial charge in [0.1, 0.15) is 0 Å². The van der Waals surface area contributed by atoms with E-state index in [1.807, 2.05) is 182 Å². The Hall–Kier alpha value is -9.65. The fraction of sp³-hybridized carbons (Fsp3) is 0.462. The molecule has 0 radical (unpaired) electrons. The smallest absolute Gasteiger partial charge is 0.254 e. The largest absolute Gasteiger partial charge is 0.379 e. The van der Waals surface area contributed by atoms with Gasteiger partial charge in [-0.3, -0.25) is 63.0 Å². The topological polar surface area (TPSA) is 240 Å². The van der Waals surface area contributed by atoms with E-state index < -0.39 is 5.91 Å². The zero-order valence-electron chi connectivity index (χ0n) is 67.7. The summed E-state index contributed by atoms with van der Waals surface area (Å²) in [6, 6.07) is 54.2. The average molecular weight is 1600 g/mol. The van der Waals surface area contributed by atoms with Crippen molar-refractivity contribution in [3.63, 3.8) is 0 Å². The molecule has 0 aliphatic carbocycles. The molecule has 26 heteroatoms. The van der Waals surface area contributed by atoms with Crippen LogP contribution in [0.1, 0.15) is 106 Å². The second kappa shape index (κ2) is 44.2. The van der Waals surface area contributed by atoms with Crippen LogP contribution in [0.2, 0.25) is 0 Å². The molecule has 0 bridgehead atoms. The van der Waals surface area contributed by atoms with Gasteiger partial charge < -0.3 is 63.6 Å². The Morgan fingerprint density at radius 1 is 0.231 bits per heavy atom. The highest BCUT2D eigenvalue weighted by Crippen LogP contribution is 2.24. The lowest BCUT2D eigenvalue weighted by atomic mass is 10.1. The molecular weight excluding hydrogens is 1480 g/mol. The molecule has 0 atom stereocenters. The molecule has 0 saturated carbocycles. The van der Waals surface area contributed by atoms with E-state index in [-0.39, 0.29) is 68.2 Å². The molecule has 6 saturated heterocycles. The van der Waals surface area contributed by atoms with Crippen LogP contribution in [0.3, 0.4) is 0 Å². The van der Waals surface area contributed by atoms with E-state index in [0.29, 0.717) is 203 Å². The van der Waals surface area contributed by atoms with Crippen LogP contribution >= 0.6 is 0 Å². The van der Waals surface area contributed by atoms with Gasteiger partial charge in [0.05, 0.1) is 79.3 Å². The molecule has 6 heterocycles. The molecule has 117 heavy (non-hydrogen) atoms. The van der Waals surface area contributed by atoms with E-state index in [0.717, 1.165) is 112 Å². The number of amides is 7. The van der Waals surface area contributed by atoms with Crippen molar-refractivity contribution in [2.45, 2.75) is 39.3 Å². The first-order valence-electron chi connectivity index (χ1n) is 41.7. The number of nitrogens with zero attached hydrogens (tertiary/aromatic N) is 12. The molecule has 13 rings (SSSR count). The van der Waals surface area contributed by atoms with Crippen LogP contribution in [-0.2, 0) is 67.7 Å². The minimum atomic E-state index is -0.542. The third kappa shape index (κ3) is 25.7. The van der Waals surface area contributed by atoms with Crippen molar-refractivity contribution in [3.8, 4) is 0 Å². The van der Waals surface area contributed by atoms with Crippen molar-refractivity contribution in [2.75, 3.05) is 236 Å². The fourth-order valence-electron chi connectivity index (χ4n) is 15.9. The van der Waals surface area contributed by atoms with Crippen molar-refractivity contribution in [3.05, 3.63) is 248 Å². The van der Waals surface area contributed by atoms with Gasteiger partial charge >= 0.3 is 0 Å². The fourth-order valence-corrected chi connectivity index (χ4v) is 15.9. The first-order valence-corrected chi connectivity index (χ1v) is 41.7. The van der Waals surface area contributed by atoms with Crippen molar-refractivity contribution in [1.29, 1.82) is 0 Å². The lowest BCUT2D eigenvalue weighted by Crippen LogP contribution is -2.43. The van der Waals surface area contributed by atoms with E-state index in [9.17, 15) is 14.4 Å². The summed E-state index contributed by atoms with van der Waals surface area (Å²) in [5.41, 5.74) is 13.8. The zero-order valence-corrected chi connectivity index (χ0v) is 67.7. The molecular formula is C91H115N13O13. The van der Waals surface area contributed by atoms with Gasteiger partial charge in [0.2, 0.25) is 5.91 Å². The third-order valence-corrected chi connectivity index (χ3v) is 22.8.